The van der Waals surface area contributed by atoms with Crippen LogP contribution < -0.4 is 16.6 Å². The summed E-state index contributed by atoms with van der Waals surface area (Å²) in [5.41, 5.74) is -0.896. The van der Waals surface area contributed by atoms with Crippen LogP contribution in [0.4, 0.5) is 0 Å². The molecule has 2 rings (SSSR count). The standard InChI is InChI=1S/C15H20N4O3S/c1-17(2)11(12-5-4-8-23-12)9-16-13(20)10-19-7-6-14(21)18(3)15(19)22/h4-8,11H,9-10H2,1-3H3,(H,16,20). The van der Waals surface area contributed by atoms with E-state index in [9.17, 15) is 14.4 Å². The molecule has 0 radical (unpaired) electrons. The SMILES string of the molecule is CN(C)C(CNC(=O)Cn1ccc(=O)n(C)c1=O)c1cccs1. The van der Waals surface area contributed by atoms with Gasteiger partial charge in [-0.25, -0.2) is 4.79 Å². The van der Waals surface area contributed by atoms with E-state index in [4.69, 9.17) is 0 Å². The summed E-state index contributed by atoms with van der Waals surface area (Å²) in [4.78, 5) is 38.5. The van der Waals surface area contributed by atoms with Crippen LogP contribution in [0, 0.1) is 0 Å². The van der Waals surface area contributed by atoms with E-state index in [1.54, 1.807) is 11.3 Å². The van der Waals surface area contributed by atoms with Crippen LogP contribution in [0.25, 0.3) is 0 Å². The summed E-state index contributed by atoms with van der Waals surface area (Å²) in [6.07, 6.45) is 1.34. The second-order valence-electron chi connectivity index (χ2n) is 5.42. The lowest BCUT2D eigenvalue weighted by Crippen LogP contribution is -2.41. The Balaban J connectivity index is 2.01. The van der Waals surface area contributed by atoms with E-state index in [0.717, 1.165) is 9.44 Å². The van der Waals surface area contributed by atoms with E-state index < -0.39 is 11.2 Å². The smallest absolute Gasteiger partial charge is 0.331 e. The summed E-state index contributed by atoms with van der Waals surface area (Å²) in [5, 5.41) is 4.84. The van der Waals surface area contributed by atoms with Crippen molar-refractivity contribution in [1.82, 2.24) is 19.4 Å². The predicted molar refractivity (Wildman–Crippen MR) is 89.7 cm³/mol. The average molecular weight is 336 g/mol. The number of nitrogens with one attached hydrogen (secondary N) is 1. The number of likely N-dealkylation sites (N-methyl/N-ethyl adjacent to an activating group) is 1. The van der Waals surface area contributed by atoms with Crippen molar-refractivity contribution in [2.75, 3.05) is 20.6 Å². The van der Waals surface area contributed by atoms with Gasteiger partial charge in [-0.1, -0.05) is 6.07 Å². The number of thiophene rings is 1. The third-order valence-electron chi connectivity index (χ3n) is 3.56. The quantitative estimate of drug-likeness (QED) is 0.807. The summed E-state index contributed by atoms with van der Waals surface area (Å²) in [6, 6.07) is 5.35. The van der Waals surface area contributed by atoms with E-state index in [1.807, 2.05) is 36.5 Å². The highest BCUT2D eigenvalue weighted by Crippen LogP contribution is 2.22. The fraction of sp³-hybridized carbons (Fsp3) is 0.400. The number of rotatable bonds is 6. The minimum Gasteiger partial charge on any atom is -0.353 e. The monoisotopic (exact) mass is 336 g/mol. The molecule has 0 aliphatic carbocycles. The minimum atomic E-state index is -0.505. The maximum atomic E-state index is 12.1. The first kappa shape index (κ1) is 17.2. The molecule has 7 nitrogen and oxygen atoms in total. The second kappa shape index (κ2) is 7.38. The van der Waals surface area contributed by atoms with Crippen molar-refractivity contribution in [3.63, 3.8) is 0 Å². The van der Waals surface area contributed by atoms with E-state index >= 15 is 0 Å². The van der Waals surface area contributed by atoms with Crippen molar-refractivity contribution in [1.29, 1.82) is 0 Å². The van der Waals surface area contributed by atoms with Crippen molar-refractivity contribution < 1.29 is 4.79 Å². The number of nitrogens with zero attached hydrogens (tertiary/aromatic N) is 3. The molecule has 0 aliphatic heterocycles. The van der Waals surface area contributed by atoms with E-state index in [0.29, 0.717) is 6.54 Å². The van der Waals surface area contributed by atoms with Gasteiger partial charge < -0.3 is 10.2 Å². The molecule has 1 N–H and O–H groups in total. The topological polar surface area (TPSA) is 76.3 Å². The van der Waals surface area contributed by atoms with Crippen molar-refractivity contribution in [3.8, 4) is 0 Å². The Kier molecular flexibility index (Phi) is 5.51. The molecule has 23 heavy (non-hydrogen) atoms. The Hall–Kier alpha value is -2.19. The highest BCUT2D eigenvalue weighted by atomic mass is 32.1. The molecule has 2 aromatic rings. The number of carbonyl (C=O) groups excluding carboxylic acids is 1. The van der Waals surface area contributed by atoms with E-state index in [2.05, 4.69) is 5.32 Å². The molecular formula is C15H20N4O3S. The lowest BCUT2D eigenvalue weighted by atomic mass is 10.2. The summed E-state index contributed by atoms with van der Waals surface area (Å²) < 4.78 is 2.19. The molecule has 0 bridgehead atoms. The zero-order valence-electron chi connectivity index (χ0n) is 13.4. The highest BCUT2D eigenvalue weighted by Gasteiger charge is 2.16. The molecule has 1 amide bonds. The molecule has 0 saturated heterocycles. The Morgan fingerprint density at radius 3 is 2.70 bits per heavy atom. The van der Waals surface area contributed by atoms with Crippen molar-refractivity contribution in [3.05, 3.63) is 55.5 Å². The summed E-state index contributed by atoms with van der Waals surface area (Å²) in [5.74, 6) is -0.269. The average Bonchev–Trinajstić information content (AvgIpc) is 3.02. The molecular weight excluding hydrogens is 316 g/mol. The van der Waals surface area contributed by atoms with Gasteiger partial charge in [-0.3, -0.25) is 18.7 Å². The van der Waals surface area contributed by atoms with Crippen LogP contribution in [0.15, 0.2) is 39.4 Å². The third-order valence-corrected chi connectivity index (χ3v) is 4.54. The number of hydrogen-bond acceptors (Lipinski definition) is 5. The Morgan fingerprint density at radius 1 is 1.35 bits per heavy atom. The molecule has 0 aromatic carbocycles. The fourth-order valence-corrected chi connectivity index (χ4v) is 3.10. The Morgan fingerprint density at radius 2 is 2.09 bits per heavy atom. The van der Waals surface area contributed by atoms with Crippen molar-refractivity contribution >= 4 is 17.2 Å². The molecule has 0 saturated carbocycles. The molecule has 2 aromatic heterocycles. The van der Waals surface area contributed by atoms with Crippen LogP contribution >= 0.6 is 11.3 Å². The van der Waals surface area contributed by atoms with Gasteiger partial charge in [0.05, 0.1) is 6.04 Å². The van der Waals surface area contributed by atoms with Gasteiger partial charge in [0.15, 0.2) is 0 Å². The maximum absolute atomic E-state index is 12.1. The number of hydrogen-bond donors (Lipinski definition) is 1. The van der Waals surface area contributed by atoms with Crippen LogP contribution in [0.5, 0.6) is 0 Å². The van der Waals surface area contributed by atoms with Crippen LogP contribution in [-0.2, 0) is 18.4 Å². The van der Waals surface area contributed by atoms with Gasteiger partial charge in [0.2, 0.25) is 5.91 Å². The number of aromatic nitrogens is 2. The van der Waals surface area contributed by atoms with Crippen LogP contribution in [-0.4, -0.2) is 40.6 Å². The number of amides is 1. The minimum absolute atomic E-state index is 0.0794. The third kappa shape index (κ3) is 4.17. The van der Waals surface area contributed by atoms with Gasteiger partial charge in [0.25, 0.3) is 5.56 Å². The Bertz CT molecular complexity index is 777. The van der Waals surface area contributed by atoms with Crippen molar-refractivity contribution in [2.24, 2.45) is 7.05 Å². The van der Waals surface area contributed by atoms with Crippen LogP contribution in [0.1, 0.15) is 10.9 Å². The molecule has 2 heterocycles. The van der Waals surface area contributed by atoms with Gasteiger partial charge >= 0.3 is 5.69 Å². The first-order valence-electron chi connectivity index (χ1n) is 7.13. The molecule has 0 spiro atoms. The second-order valence-corrected chi connectivity index (χ2v) is 6.40. The maximum Gasteiger partial charge on any atom is 0.331 e. The summed E-state index contributed by atoms with van der Waals surface area (Å²) >= 11 is 1.63. The Labute approximate surface area is 137 Å². The molecule has 1 atom stereocenters. The normalized spacial score (nSPS) is 12.3. The zero-order valence-corrected chi connectivity index (χ0v) is 14.2. The van der Waals surface area contributed by atoms with Gasteiger partial charge in [-0.05, 0) is 25.5 Å². The molecule has 8 heteroatoms. The predicted octanol–water partition coefficient (Wildman–Crippen LogP) is 0.0276. The summed E-state index contributed by atoms with van der Waals surface area (Å²) in [7, 11) is 5.29. The van der Waals surface area contributed by atoms with Gasteiger partial charge in [0.1, 0.15) is 6.54 Å². The van der Waals surface area contributed by atoms with Crippen LogP contribution in [0.2, 0.25) is 0 Å². The van der Waals surface area contributed by atoms with Gasteiger partial charge in [-0.2, -0.15) is 0 Å². The first-order valence-corrected chi connectivity index (χ1v) is 8.01. The summed E-state index contributed by atoms with van der Waals surface area (Å²) in [6.45, 7) is 0.338. The lowest BCUT2D eigenvalue weighted by molar-refractivity contribution is -0.121. The van der Waals surface area contributed by atoms with Crippen LogP contribution in [0.3, 0.4) is 0 Å². The molecule has 1 unspecified atom stereocenters. The fourth-order valence-electron chi connectivity index (χ4n) is 2.18. The van der Waals surface area contributed by atoms with E-state index in [1.165, 1.54) is 23.9 Å². The zero-order chi connectivity index (χ0) is 17.0. The molecule has 0 aliphatic rings. The van der Waals surface area contributed by atoms with Gasteiger partial charge in [0, 0.05) is 30.7 Å². The van der Waals surface area contributed by atoms with E-state index in [-0.39, 0.29) is 18.5 Å². The highest BCUT2D eigenvalue weighted by molar-refractivity contribution is 7.10. The lowest BCUT2D eigenvalue weighted by Gasteiger charge is -2.23. The molecule has 124 valence electrons. The number of carbonyl (C=O) groups is 1. The van der Waals surface area contributed by atoms with Crippen molar-refractivity contribution in [2.45, 2.75) is 12.6 Å². The molecule has 0 fully saturated rings. The van der Waals surface area contributed by atoms with Gasteiger partial charge in [-0.15, -0.1) is 11.3 Å². The first-order chi connectivity index (χ1) is 10.9. The largest absolute Gasteiger partial charge is 0.353 e.